The van der Waals surface area contributed by atoms with Gasteiger partial charge in [0, 0.05) is 23.2 Å². The number of halogens is 1. The first-order chi connectivity index (χ1) is 16.4. The second-order valence-corrected chi connectivity index (χ2v) is 7.94. The van der Waals surface area contributed by atoms with Gasteiger partial charge in [0.15, 0.2) is 0 Å². The predicted octanol–water partition coefficient (Wildman–Crippen LogP) is 4.56. The Hall–Kier alpha value is -4.16. The first-order valence-corrected chi connectivity index (χ1v) is 10.8. The van der Waals surface area contributed by atoms with Crippen molar-refractivity contribution in [1.82, 2.24) is 19.9 Å². The lowest BCUT2D eigenvalue weighted by molar-refractivity contribution is 0.222. The summed E-state index contributed by atoms with van der Waals surface area (Å²) < 4.78 is 11.1. The third-order valence-electron chi connectivity index (χ3n) is 5.21. The van der Waals surface area contributed by atoms with Crippen LogP contribution in [0.5, 0.6) is 11.6 Å². The van der Waals surface area contributed by atoms with Gasteiger partial charge >= 0.3 is 0 Å². The van der Waals surface area contributed by atoms with Crippen LogP contribution >= 0.6 is 11.6 Å². The molecule has 0 radical (unpaired) electrons. The van der Waals surface area contributed by atoms with Gasteiger partial charge in [-0.2, -0.15) is 10.2 Å². The van der Waals surface area contributed by atoms with Gasteiger partial charge in [-0.05, 0) is 38.1 Å². The topological polar surface area (TPSA) is 126 Å². The van der Waals surface area contributed by atoms with Gasteiger partial charge in [-0.25, -0.2) is 4.98 Å². The molecule has 0 bridgehead atoms. The third kappa shape index (κ3) is 4.77. The van der Waals surface area contributed by atoms with E-state index in [1.807, 2.05) is 31.2 Å². The van der Waals surface area contributed by atoms with Crippen LogP contribution < -0.4 is 20.3 Å². The van der Waals surface area contributed by atoms with E-state index in [1.54, 1.807) is 31.3 Å². The first-order valence-electron chi connectivity index (χ1n) is 10.4. The monoisotopic (exact) mass is 476 g/mol. The van der Waals surface area contributed by atoms with E-state index >= 15 is 0 Å². The zero-order chi connectivity index (χ0) is 24.2. The molecule has 0 aliphatic heterocycles. The Balaban J connectivity index is 1.60. The number of nitriles is 1. The van der Waals surface area contributed by atoms with E-state index in [2.05, 4.69) is 25.3 Å². The molecule has 9 nitrogen and oxygen atoms in total. The number of fused-ring (bicyclic) bond motifs is 1. The van der Waals surface area contributed by atoms with Crippen molar-refractivity contribution in [3.05, 3.63) is 81.0 Å². The minimum atomic E-state index is -0.440. The summed E-state index contributed by atoms with van der Waals surface area (Å²) in [5.74, 6) is 0.826. The fourth-order valence-corrected chi connectivity index (χ4v) is 3.66. The Morgan fingerprint density at radius 2 is 2.03 bits per heavy atom. The summed E-state index contributed by atoms with van der Waals surface area (Å²) in [6, 6.07) is 12.3. The molecule has 2 atom stereocenters. The summed E-state index contributed by atoms with van der Waals surface area (Å²) in [4.78, 5) is 28.3. The van der Waals surface area contributed by atoms with Gasteiger partial charge in [0.2, 0.25) is 11.8 Å². The van der Waals surface area contributed by atoms with E-state index in [-0.39, 0.29) is 29.1 Å². The molecule has 0 amide bonds. The number of hydrogen-bond donors (Lipinski definition) is 2. The molecule has 2 unspecified atom stereocenters. The number of nitrogens with zero attached hydrogens (tertiary/aromatic N) is 4. The summed E-state index contributed by atoms with van der Waals surface area (Å²) in [6.07, 6.45) is 2.74. The Morgan fingerprint density at radius 1 is 1.21 bits per heavy atom. The smallest absolute Gasteiger partial charge is 0.253 e. The molecule has 3 heterocycles. The molecule has 3 aromatic heterocycles. The lowest BCUT2D eigenvalue weighted by Crippen LogP contribution is -2.20. The number of H-pyrrole nitrogens is 1. The zero-order valence-corrected chi connectivity index (χ0v) is 19.4. The minimum Gasteiger partial charge on any atom is -0.483 e. The number of anilines is 1. The fourth-order valence-electron chi connectivity index (χ4n) is 3.44. The lowest BCUT2D eigenvalue weighted by atomic mass is 10.1. The van der Waals surface area contributed by atoms with Crippen LogP contribution in [0.15, 0.2) is 53.6 Å². The summed E-state index contributed by atoms with van der Waals surface area (Å²) >= 11 is 6.48. The van der Waals surface area contributed by atoms with Gasteiger partial charge in [-0.3, -0.25) is 9.78 Å². The summed E-state index contributed by atoms with van der Waals surface area (Å²) in [5.41, 5.74) is 1.76. The number of pyridine rings is 2. The van der Waals surface area contributed by atoms with E-state index in [0.717, 1.165) is 11.1 Å². The molecule has 2 N–H and O–H groups in total. The summed E-state index contributed by atoms with van der Waals surface area (Å²) in [5, 5.41) is 13.3. The number of ether oxygens (including phenoxy) is 2. The van der Waals surface area contributed by atoms with Crippen LogP contribution in [0.25, 0.3) is 10.9 Å². The Labute approximate surface area is 200 Å². The highest BCUT2D eigenvalue weighted by atomic mass is 35.5. The standard InChI is InChI=1S/C24H21ClN6O3/c1-13(29-24-28-12-16(11-26)23(31-24)33-3)17-8-15-9-18(25)21(10-20(15)30-22(17)32)34-14(2)19-6-4-5-7-27-19/h4-10,12-14H,1-3H3,(H,30,32)(H,28,29,31). The van der Waals surface area contributed by atoms with Crippen LogP contribution in [-0.4, -0.2) is 27.0 Å². The second kappa shape index (κ2) is 9.77. The van der Waals surface area contributed by atoms with Crippen molar-refractivity contribution in [1.29, 1.82) is 5.26 Å². The molecule has 0 saturated heterocycles. The van der Waals surface area contributed by atoms with E-state index < -0.39 is 6.04 Å². The normalized spacial score (nSPS) is 12.6. The van der Waals surface area contributed by atoms with Crippen molar-refractivity contribution in [2.45, 2.75) is 26.0 Å². The van der Waals surface area contributed by atoms with Gasteiger partial charge < -0.3 is 19.8 Å². The van der Waals surface area contributed by atoms with Gasteiger partial charge in [0.1, 0.15) is 23.5 Å². The van der Waals surface area contributed by atoms with Crippen LogP contribution in [0.3, 0.4) is 0 Å². The quantitative estimate of drug-likeness (QED) is 0.397. The molecular formula is C24H21ClN6O3. The van der Waals surface area contributed by atoms with Crippen molar-refractivity contribution in [3.8, 4) is 17.7 Å². The van der Waals surface area contributed by atoms with Crippen molar-refractivity contribution in [2.75, 3.05) is 12.4 Å². The molecule has 4 aromatic rings. The van der Waals surface area contributed by atoms with E-state index in [4.69, 9.17) is 26.3 Å². The van der Waals surface area contributed by atoms with Crippen molar-refractivity contribution < 1.29 is 9.47 Å². The van der Waals surface area contributed by atoms with Gasteiger partial charge in [0.05, 0.1) is 35.6 Å². The van der Waals surface area contributed by atoms with E-state index in [1.165, 1.54) is 13.3 Å². The molecule has 0 aliphatic carbocycles. The largest absolute Gasteiger partial charge is 0.483 e. The number of aromatic amines is 1. The van der Waals surface area contributed by atoms with Crippen LogP contribution in [-0.2, 0) is 0 Å². The average molecular weight is 477 g/mol. The molecule has 0 aliphatic rings. The number of nitrogens with one attached hydrogen (secondary N) is 2. The van der Waals surface area contributed by atoms with Crippen LogP contribution in [0, 0.1) is 11.3 Å². The zero-order valence-electron chi connectivity index (χ0n) is 18.7. The highest BCUT2D eigenvalue weighted by Gasteiger charge is 2.17. The number of hydrogen-bond acceptors (Lipinski definition) is 8. The molecule has 10 heteroatoms. The van der Waals surface area contributed by atoms with Gasteiger partial charge in [-0.1, -0.05) is 17.7 Å². The van der Waals surface area contributed by atoms with Crippen LogP contribution in [0.4, 0.5) is 5.95 Å². The molecule has 1 aromatic carbocycles. The Bertz CT molecular complexity index is 1430. The molecule has 0 saturated carbocycles. The van der Waals surface area contributed by atoms with Crippen molar-refractivity contribution in [2.24, 2.45) is 0 Å². The Morgan fingerprint density at radius 3 is 2.74 bits per heavy atom. The maximum atomic E-state index is 12.8. The average Bonchev–Trinajstić information content (AvgIpc) is 2.84. The number of rotatable bonds is 7. The van der Waals surface area contributed by atoms with Gasteiger partial charge in [-0.15, -0.1) is 0 Å². The van der Waals surface area contributed by atoms with Crippen molar-refractivity contribution >= 4 is 28.5 Å². The minimum absolute atomic E-state index is 0.152. The lowest BCUT2D eigenvalue weighted by Gasteiger charge is -2.17. The summed E-state index contributed by atoms with van der Waals surface area (Å²) in [7, 11) is 1.42. The molecule has 172 valence electrons. The maximum Gasteiger partial charge on any atom is 0.253 e. The SMILES string of the molecule is COc1nc(NC(C)c2cc3cc(Cl)c(OC(C)c4ccccn4)cc3[nH]c2=O)ncc1C#N. The first kappa shape index (κ1) is 23.0. The number of aromatic nitrogens is 4. The van der Waals surface area contributed by atoms with Crippen LogP contribution in [0.2, 0.25) is 5.02 Å². The second-order valence-electron chi connectivity index (χ2n) is 7.53. The van der Waals surface area contributed by atoms with Gasteiger partial charge in [0.25, 0.3) is 5.56 Å². The number of benzene rings is 1. The summed E-state index contributed by atoms with van der Waals surface area (Å²) in [6.45, 7) is 3.68. The highest BCUT2D eigenvalue weighted by Crippen LogP contribution is 2.32. The number of methoxy groups -OCH3 is 1. The van der Waals surface area contributed by atoms with E-state index in [0.29, 0.717) is 21.9 Å². The molecule has 0 spiro atoms. The maximum absolute atomic E-state index is 12.8. The third-order valence-corrected chi connectivity index (χ3v) is 5.51. The fraction of sp³-hybridized carbons (Fsp3) is 0.208. The highest BCUT2D eigenvalue weighted by molar-refractivity contribution is 6.32. The van der Waals surface area contributed by atoms with Crippen molar-refractivity contribution in [3.63, 3.8) is 0 Å². The van der Waals surface area contributed by atoms with Crippen LogP contribution in [0.1, 0.15) is 42.8 Å². The molecular weight excluding hydrogens is 456 g/mol. The predicted molar refractivity (Wildman–Crippen MR) is 128 cm³/mol. The Kier molecular flexibility index (Phi) is 6.61. The molecule has 0 fully saturated rings. The molecule has 34 heavy (non-hydrogen) atoms. The molecule has 4 rings (SSSR count). The van der Waals surface area contributed by atoms with E-state index in [9.17, 15) is 4.79 Å².